The quantitative estimate of drug-likeness (QED) is 0.658. The Morgan fingerprint density at radius 1 is 1.29 bits per heavy atom. The van der Waals surface area contributed by atoms with Crippen molar-refractivity contribution >= 4 is 11.9 Å². The summed E-state index contributed by atoms with van der Waals surface area (Å²) in [7, 11) is 0. The number of amides is 1. The molecule has 132 valence electrons. The number of carbonyl (C=O) groups excluding carboxylic acids is 1. The van der Waals surface area contributed by atoms with E-state index in [2.05, 4.69) is 5.32 Å². The standard InChI is InChI=1S/C17H23NO6/c19-16(7-4-9-23-13-5-2-1-3-6-13)18-14-11-22-10-8-15(14)24-12-17(20)21/h1-3,5-6,14-15H,4,7-12H2,(H,18,19)(H,20,21)/t14-,15+/m1/s1. The SMILES string of the molecule is O=C(O)CO[C@H]1CCOC[C@H]1NC(=O)CCCOc1ccccc1. The van der Waals surface area contributed by atoms with Gasteiger partial charge in [-0.3, -0.25) is 4.79 Å². The second-order valence-corrected chi connectivity index (χ2v) is 5.55. The van der Waals surface area contributed by atoms with Crippen LogP contribution >= 0.6 is 0 Å². The summed E-state index contributed by atoms with van der Waals surface area (Å²) in [4.78, 5) is 22.6. The number of nitrogens with one attached hydrogen (secondary N) is 1. The Kier molecular flexibility index (Phi) is 7.51. The van der Waals surface area contributed by atoms with Gasteiger partial charge in [-0.25, -0.2) is 4.79 Å². The Balaban J connectivity index is 1.67. The average Bonchev–Trinajstić information content (AvgIpc) is 2.59. The highest BCUT2D eigenvalue weighted by Crippen LogP contribution is 2.13. The lowest BCUT2D eigenvalue weighted by Crippen LogP contribution is -2.51. The zero-order valence-corrected chi connectivity index (χ0v) is 13.5. The van der Waals surface area contributed by atoms with Crippen molar-refractivity contribution in [2.45, 2.75) is 31.4 Å². The van der Waals surface area contributed by atoms with Gasteiger partial charge in [-0.2, -0.15) is 0 Å². The summed E-state index contributed by atoms with van der Waals surface area (Å²) in [6.45, 7) is 0.914. The summed E-state index contributed by atoms with van der Waals surface area (Å²) >= 11 is 0. The van der Waals surface area contributed by atoms with Gasteiger partial charge in [0, 0.05) is 13.0 Å². The molecule has 1 aromatic rings. The predicted octanol–water partition coefficient (Wildman–Crippen LogP) is 1.22. The van der Waals surface area contributed by atoms with Crippen LogP contribution in [0.3, 0.4) is 0 Å². The number of aliphatic carboxylic acids is 1. The second kappa shape index (κ2) is 9.89. The lowest BCUT2D eigenvalue weighted by molar-refractivity contribution is -0.148. The van der Waals surface area contributed by atoms with Crippen molar-refractivity contribution in [2.24, 2.45) is 0 Å². The zero-order chi connectivity index (χ0) is 17.2. The molecule has 0 aromatic heterocycles. The summed E-state index contributed by atoms with van der Waals surface area (Å²) in [6.07, 6.45) is 1.15. The van der Waals surface area contributed by atoms with E-state index in [9.17, 15) is 9.59 Å². The van der Waals surface area contributed by atoms with E-state index in [-0.39, 0.29) is 24.7 Å². The molecule has 0 unspecified atom stereocenters. The van der Waals surface area contributed by atoms with Crippen LogP contribution in [0.2, 0.25) is 0 Å². The third kappa shape index (κ3) is 6.55. The first kappa shape index (κ1) is 18.2. The molecule has 2 rings (SSSR count). The summed E-state index contributed by atoms with van der Waals surface area (Å²) < 4.78 is 16.2. The Morgan fingerprint density at radius 3 is 2.83 bits per heavy atom. The number of ether oxygens (including phenoxy) is 3. The molecular weight excluding hydrogens is 314 g/mol. The molecule has 0 radical (unpaired) electrons. The first-order valence-electron chi connectivity index (χ1n) is 8.03. The molecule has 1 aromatic carbocycles. The number of benzene rings is 1. The number of carbonyl (C=O) groups is 2. The maximum absolute atomic E-state index is 12.0. The van der Waals surface area contributed by atoms with Crippen molar-refractivity contribution in [3.63, 3.8) is 0 Å². The van der Waals surface area contributed by atoms with Crippen LogP contribution in [0.15, 0.2) is 30.3 Å². The van der Waals surface area contributed by atoms with Crippen molar-refractivity contribution in [1.29, 1.82) is 0 Å². The summed E-state index contributed by atoms with van der Waals surface area (Å²) in [5.41, 5.74) is 0. The van der Waals surface area contributed by atoms with Crippen LogP contribution < -0.4 is 10.1 Å². The van der Waals surface area contributed by atoms with E-state index in [1.54, 1.807) is 0 Å². The largest absolute Gasteiger partial charge is 0.494 e. The Labute approximate surface area is 140 Å². The van der Waals surface area contributed by atoms with E-state index >= 15 is 0 Å². The van der Waals surface area contributed by atoms with E-state index in [0.29, 0.717) is 39.1 Å². The topological polar surface area (TPSA) is 94.1 Å². The first-order chi connectivity index (χ1) is 11.6. The molecule has 1 fully saturated rings. The zero-order valence-electron chi connectivity index (χ0n) is 13.5. The molecular formula is C17H23NO6. The van der Waals surface area contributed by atoms with Crippen LogP contribution in [0.1, 0.15) is 19.3 Å². The molecule has 1 saturated heterocycles. The third-order valence-corrected chi connectivity index (χ3v) is 3.62. The molecule has 0 bridgehead atoms. The maximum atomic E-state index is 12.0. The highest BCUT2D eigenvalue weighted by atomic mass is 16.5. The van der Waals surface area contributed by atoms with Crippen LogP contribution in [0.25, 0.3) is 0 Å². The molecule has 0 aliphatic carbocycles. The smallest absolute Gasteiger partial charge is 0.329 e. The minimum Gasteiger partial charge on any atom is -0.494 e. The van der Waals surface area contributed by atoms with Gasteiger partial charge in [-0.15, -0.1) is 0 Å². The second-order valence-electron chi connectivity index (χ2n) is 5.55. The number of para-hydroxylation sites is 1. The van der Waals surface area contributed by atoms with Gasteiger partial charge in [0.15, 0.2) is 0 Å². The van der Waals surface area contributed by atoms with Crippen molar-refractivity contribution in [1.82, 2.24) is 5.32 Å². The Morgan fingerprint density at radius 2 is 2.08 bits per heavy atom. The molecule has 1 aliphatic heterocycles. The van der Waals surface area contributed by atoms with Crippen LogP contribution in [-0.2, 0) is 19.1 Å². The highest BCUT2D eigenvalue weighted by molar-refractivity contribution is 5.76. The summed E-state index contributed by atoms with van der Waals surface area (Å²) in [6, 6.07) is 9.11. The Bertz CT molecular complexity index is 521. The van der Waals surface area contributed by atoms with E-state index in [1.165, 1.54) is 0 Å². The van der Waals surface area contributed by atoms with E-state index < -0.39 is 5.97 Å². The van der Waals surface area contributed by atoms with Gasteiger partial charge in [0.1, 0.15) is 12.4 Å². The van der Waals surface area contributed by atoms with Crippen molar-refractivity contribution in [3.05, 3.63) is 30.3 Å². The van der Waals surface area contributed by atoms with Gasteiger partial charge in [0.2, 0.25) is 5.91 Å². The first-order valence-corrected chi connectivity index (χ1v) is 8.03. The lowest BCUT2D eigenvalue weighted by Gasteiger charge is -2.31. The minimum atomic E-state index is -1.02. The normalized spacial score (nSPS) is 20.3. The molecule has 7 nitrogen and oxygen atoms in total. The molecule has 2 atom stereocenters. The van der Waals surface area contributed by atoms with Crippen molar-refractivity contribution < 1.29 is 28.9 Å². The van der Waals surface area contributed by atoms with Gasteiger partial charge < -0.3 is 24.6 Å². The number of hydrogen-bond donors (Lipinski definition) is 2. The summed E-state index contributed by atoms with van der Waals surface area (Å²) in [5.74, 6) is -0.364. The van der Waals surface area contributed by atoms with Gasteiger partial charge in [0.05, 0.1) is 25.4 Å². The fraction of sp³-hybridized carbons (Fsp3) is 0.529. The summed E-state index contributed by atoms with van der Waals surface area (Å²) in [5, 5.41) is 11.5. The van der Waals surface area contributed by atoms with Crippen LogP contribution in [0.5, 0.6) is 5.75 Å². The van der Waals surface area contributed by atoms with E-state index in [1.807, 2.05) is 30.3 Å². The number of carboxylic acids is 1. The highest BCUT2D eigenvalue weighted by Gasteiger charge is 2.28. The molecule has 1 aliphatic rings. The lowest BCUT2D eigenvalue weighted by atomic mass is 10.1. The monoisotopic (exact) mass is 337 g/mol. The van der Waals surface area contributed by atoms with Crippen molar-refractivity contribution in [3.8, 4) is 5.75 Å². The number of hydrogen-bond acceptors (Lipinski definition) is 5. The molecule has 1 heterocycles. The van der Waals surface area contributed by atoms with Crippen molar-refractivity contribution in [2.75, 3.05) is 26.4 Å². The molecule has 2 N–H and O–H groups in total. The minimum absolute atomic E-state index is 0.119. The van der Waals surface area contributed by atoms with Crippen LogP contribution in [-0.4, -0.2) is 55.6 Å². The molecule has 0 spiro atoms. The third-order valence-electron chi connectivity index (χ3n) is 3.62. The maximum Gasteiger partial charge on any atom is 0.329 e. The van der Waals surface area contributed by atoms with E-state index in [0.717, 1.165) is 5.75 Å². The van der Waals surface area contributed by atoms with Crippen LogP contribution in [0.4, 0.5) is 0 Å². The van der Waals surface area contributed by atoms with Crippen LogP contribution in [0, 0.1) is 0 Å². The molecule has 24 heavy (non-hydrogen) atoms. The fourth-order valence-electron chi connectivity index (χ4n) is 2.45. The van der Waals surface area contributed by atoms with Gasteiger partial charge in [0.25, 0.3) is 0 Å². The predicted molar refractivity (Wildman–Crippen MR) is 85.9 cm³/mol. The fourth-order valence-corrected chi connectivity index (χ4v) is 2.45. The Hall–Kier alpha value is -2.12. The number of carboxylic acid groups (broad SMARTS) is 1. The van der Waals surface area contributed by atoms with E-state index in [4.69, 9.17) is 19.3 Å². The number of rotatable bonds is 9. The molecule has 0 saturated carbocycles. The van der Waals surface area contributed by atoms with Gasteiger partial charge >= 0.3 is 5.97 Å². The average molecular weight is 337 g/mol. The van der Waals surface area contributed by atoms with Gasteiger partial charge in [-0.05, 0) is 25.0 Å². The molecule has 7 heteroatoms. The van der Waals surface area contributed by atoms with Gasteiger partial charge in [-0.1, -0.05) is 18.2 Å². The molecule has 1 amide bonds.